The largest absolute Gasteiger partial charge is 0.419 e. The van der Waals surface area contributed by atoms with E-state index in [1.165, 1.54) is 37.7 Å². The van der Waals surface area contributed by atoms with Crippen LogP contribution in [0.4, 0.5) is 87.8 Å². The first-order chi connectivity index (χ1) is 36.5. The molecule has 0 atom stereocenters. The first-order valence-electron chi connectivity index (χ1n) is 22.5. The molecule has 1 aromatic heterocycles. The summed E-state index contributed by atoms with van der Waals surface area (Å²) in [5, 5.41) is 1.92. The minimum Gasteiger partial charge on any atom is -0.419 e. The minimum absolute atomic E-state index is 0.330. The van der Waals surface area contributed by atoms with Gasteiger partial charge in [-0.15, -0.1) is 21.9 Å². The van der Waals surface area contributed by atoms with Gasteiger partial charge in [0.05, 0.1) is 5.39 Å². The van der Waals surface area contributed by atoms with Crippen molar-refractivity contribution < 1.29 is 102 Å². The van der Waals surface area contributed by atoms with Crippen LogP contribution in [0.15, 0.2) is 91.1 Å². The van der Waals surface area contributed by atoms with E-state index >= 15 is 35.1 Å². The Labute approximate surface area is 420 Å². The van der Waals surface area contributed by atoms with Gasteiger partial charge in [-0.2, -0.15) is 4.57 Å². The van der Waals surface area contributed by atoms with E-state index in [-0.39, 0.29) is 5.97 Å². The third kappa shape index (κ3) is 9.38. The molecule has 1 fully saturated rings. The van der Waals surface area contributed by atoms with E-state index in [0.29, 0.717) is 23.9 Å². The topological polar surface area (TPSA) is 30.2 Å². The van der Waals surface area contributed by atoms with E-state index in [2.05, 4.69) is 24.3 Å². The van der Waals surface area contributed by atoms with Crippen LogP contribution in [-0.4, -0.2) is 12.1 Å². The van der Waals surface area contributed by atoms with Crippen molar-refractivity contribution in [3.63, 3.8) is 0 Å². The molecule has 1 aliphatic rings. The maximum Gasteiger partial charge on any atom is 0.409 e. The third-order valence-electron chi connectivity index (χ3n) is 13.2. The number of rotatable bonds is 9. The van der Waals surface area contributed by atoms with Crippen molar-refractivity contribution in [3.8, 4) is 5.75 Å². The van der Waals surface area contributed by atoms with E-state index in [9.17, 15) is 57.5 Å². The fraction of sp³-hybridized carbons (Fsp3) is 0.132. The Morgan fingerprint density at radius 2 is 0.766 bits per heavy atom. The first-order valence-corrected chi connectivity index (χ1v) is 22.5. The Bertz CT molecular complexity index is 3270. The van der Waals surface area contributed by atoms with Gasteiger partial charge in [-0.3, -0.25) is 0 Å². The van der Waals surface area contributed by atoms with Crippen molar-refractivity contribution in [2.75, 3.05) is 0 Å². The second-order valence-corrected chi connectivity index (χ2v) is 17.5. The summed E-state index contributed by atoms with van der Waals surface area (Å²) < 4.78 is 302. The number of pyridine rings is 1. The van der Waals surface area contributed by atoms with E-state index < -0.39 is 144 Å². The number of ether oxygens (including phenoxy) is 1. The number of fused-ring (bicyclic) bond motifs is 1. The summed E-state index contributed by atoms with van der Waals surface area (Å²) in [4.78, 5) is 13.4. The molecule has 400 valence electrons. The Morgan fingerprint density at radius 3 is 1.16 bits per heavy atom. The third-order valence-corrected chi connectivity index (χ3v) is 13.2. The molecule has 0 aliphatic heterocycles. The molecule has 9 rings (SSSR count). The van der Waals surface area contributed by atoms with E-state index in [1.807, 2.05) is 71.4 Å². The lowest BCUT2D eigenvalue weighted by atomic mass is 9.12. The molecular formula is C53H28BF20NO2. The smallest absolute Gasteiger partial charge is 0.409 e. The number of hydrogen-bond donors (Lipinski definition) is 0. The van der Waals surface area contributed by atoms with Crippen LogP contribution < -0.4 is 31.2 Å². The second kappa shape index (κ2) is 21.6. The zero-order chi connectivity index (χ0) is 56.1. The summed E-state index contributed by atoms with van der Waals surface area (Å²) in [7, 11) is 0. The van der Waals surface area contributed by atoms with Crippen molar-refractivity contribution in [3.05, 3.63) is 224 Å². The molecule has 0 amide bonds. The average molecular weight is 1100 g/mol. The van der Waals surface area contributed by atoms with Crippen LogP contribution >= 0.6 is 0 Å². The number of carbonyl (C=O) groups is 1. The fourth-order valence-corrected chi connectivity index (χ4v) is 9.67. The number of esters is 1. The van der Waals surface area contributed by atoms with Crippen LogP contribution in [0.2, 0.25) is 0 Å². The lowest BCUT2D eigenvalue weighted by Crippen LogP contribution is -2.81. The van der Waals surface area contributed by atoms with Crippen LogP contribution in [-0.2, 0) is 6.54 Å². The van der Waals surface area contributed by atoms with Crippen molar-refractivity contribution >= 4 is 44.7 Å². The quantitative estimate of drug-likeness (QED) is 0.0274. The van der Waals surface area contributed by atoms with Crippen LogP contribution in [0.25, 0.3) is 10.8 Å². The van der Waals surface area contributed by atoms with Gasteiger partial charge in [0, 0.05) is 11.6 Å². The summed E-state index contributed by atoms with van der Waals surface area (Å²) in [6, 6.07) is 28.3. The molecule has 0 saturated heterocycles. The Morgan fingerprint density at radius 1 is 0.416 bits per heavy atom. The molecule has 3 nitrogen and oxygen atoms in total. The second-order valence-electron chi connectivity index (χ2n) is 17.5. The predicted octanol–water partition coefficient (Wildman–Crippen LogP) is 12.3. The molecule has 1 heterocycles. The van der Waals surface area contributed by atoms with Gasteiger partial charge < -0.3 is 4.74 Å². The molecule has 77 heavy (non-hydrogen) atoms. The van der Waals surface area contributed by atoms with Gasteiger partial charge in [-0.1, -0.05) is 79.9 Å². The van der Waals surface area contributed by atoms with Crippen LogP contribution in [0, 0.1) is 116 Å². The summed E-state index contributed by atoms with van der Waals surface area (Å²) in [5.41, 5.74) is -11.3. The molecule has 8 aromatic rings. The highest BCUT2D eigenvalue weighted by Crippen LogP contribution is 2.34. The van der Waals surface area contributed by atoms with Gasteiger partial charge in [0.2, 0.25) is 0 Å². The summed E-state index contributed by atoms with van der Waals surface area (Å²) >= 11 is 0. The molecular weight excluding hydrogens is 1070 g/mol. The molecule has 1 saturated carbocycles. The SMILES string of the molecule is Fc1c(F)c(F)c([B-](c2c(F)c(F)c(F)c(F)c2F)(c2c(F)c(F)c(F)c(F)c2F)c2c(F)c(F)c(F)c(F)c2F)c(F)c1F.O=C(Oc1ccc(C2CCCCC2)cc1)c1c2ccccc2cc[n+]1Cc1ccccc1. The number of nitrogens with zero attached hydrogens (tertiary/aromatic N) is 1. The van der Waals surface area contributed by atoms with Crippen LogP contribution in [0.3, 0.4) is 0 Å². The number of carbonyl (C=O) groups excluding carboxylic acids is 1. The zero-order valence-electron chi connectivity index (χ0n) is 38.4. The maximum atomic E-state index is 15.4. The average Bonchev–Trinajstić information content (AvgIpc) is 3.43. The highest BCUT2D eigenvalue weighted by Gasteiger charge is 2.52. The molecule has 0 unspecified atom stereocenters. The van der Waals surface area contributed by atoms with Gasteiger partial charge in [-0.25, -0.2) is 92.6 Å². The maximum absolute atomic E-state index is 15.4. The van der Waals surface area contributed by atoms with E-state index in [4.69, 9.17) is 4.74 Å². The molecule has 0 radical (unpaired) electrons. The lowest BCUT2D eigenvalue weighted by molar-refractivity contribution is -0.689. The van der Waals surface area contributed by atoms with Crippen molar-refractivity contribution in [1.82, 2.24) is 0 Å². The Balaban J connectivity index is 0.000000215. The first kappa shape index (κ1) is 55.3. The number of benzene rings is 7. The Hall–Kier alpha value is -7.92. The van der Waals surface area contributed by atoms with Crippen LogP contribution in [0.5, 0.6) is 5.75 Å². The summed E-state index contributed by atoms with van der Waals surface area (Å²) in [6.07, 6.45) is 1.24. The summed E-state index contributed by atoms with van der Waals surface area (Å²) in [6.45, 7) is 0.608. The van der Waals surface area contributed by atoms with Gasteiger partial charge in [0.15, 0.2) is 82.5 Å². The minimum atomic E-state index is -7.22. The highest BCUT2D eigenvalue weighted by molar-refractivity contribution is 7.20. The molecule has 7 aromatic carbocycles. The van der Waals surface area contributed by atoms with Gasteiger partial charge >= 0.3 is 5.97 Å². The lowest BCUT2D eigenvalue weighted by Gasteiger charge is -2.44. The van der Waals surface area contributed by atoms with Crippen LogP contribution in [0.1, 0.15) is 59.6 Å². The standard InChI is InChI=1S/C29H28NO2.C24BF20/c31-29(32-26-17-15-24(16-18-26)23-11-5-2-6-12-23)28-27-14-8-7-13-25(27)19-20-30(28)21-22-9-3-1-4-10-22;26-5-1(6(27)14(35)21(42)13(5)34)25(2-7(28)15(36)22(43)16(37)8(2)29,3-9(30)17(38)23(44)18(39)10(3)31)4-11(32)19(40)24(45)20(41)12(4)33/h1,3-4,7-10,13-20,23H,2,5-6,11-12,21H2;/q+1;-1. The van der Waals surface area contributed by atoms with Crippen molar-refractivity contribution in [1.29, 1.82) is 0 Å². The summed E-state index contributed by atoms with van der Waals surface area (Å²) in [5.74, 6) is -70.5. The molecule has 0 spiro atoms. The Kier molecular flexibility index (Phi) is 15.5. The van der Waals surface area contributed by atoms with Gasteiger partial charge in [0.25, 0.3) is 5.69 Å². The number of aromatic nitrogens is 1. The highest BCUT2D eigenvalue weighted by atomic mass is 19.2. The number of hydrogen-bond acceptors (Lipinski definition) is 2. The van der Waals surface area contributed by atoms with E-state index in [0.717, 1.165) is 16.3 Å². The zero-order valence-corrected chi connectivity index (χ0v) is 38.4. The normalized spacial score (nSPS) is 13.0. The monoisotopic (exact) mass is 1100 g/mol. The molecule has 1 aliphatic carbocycles. The molecule has 24 heteroatoms. The predicted molar refractivity (Wildman–Crippen MR) is 236 cm³/mol. The van der Waals surface area contributed by atoms with Gasteiger partial charge in [-0.05, 0) is 47.9 Å². The van der Waals surface area contributed by atoms with Crippen molar-refractivity contribution in [2.24, 2.45) is 0 Å². The fourth-order valence-electron chi connectivity index (χ4n) is 9.67. The van der Waals surface area contributed by atoms with Gasteiger partial charge in [0.1, 0.15) is 58.4 Å². The van der Waals surface area contributed by atoms with Crippen molar-refractivity contribution in [2.45, 2.75) is 44.6 Å². The number of halogens is 20. The molecule has 0 bridgehead atoms. The molecule has 0 N–H and O–H groups in total. The van der Waals surface area contributed by atoms with E-state index in [1.54, 1.807) is 0 Å².